The molecule has 1 heterocycles. The summed E-state index contributed by atoms with van der Waals surface area (Å²) in [5.74, 6) is 3.48. The van der Waals surface area contributed by atoms with Crippen LogP contribution in [0.2, 0.25) is 0 Å². The van der Waals surface area contributed by atoms with E-state index in [0.717, 1.165) is 75.5 Å². The molecule has 0 bridgehead atoms. The number of allylic oxidation sites excluding steroid dienone is 1. The van der Waals surface area contributed by atoms with Crippen molar-refractivity contribution < 1.29 is 4.79 Å². The van der Waals surface area contributed by atoms with E-state index in [1.807, 2.05) is 6.08 Å². The molecule has 1 saturated heterocycles. The lowest BCUT2D eigenvalue weighted by Crippen LogP contribution is -2.51. The van der Waals surface area contributed by atoms with Gasteiger partial charge in [0.15, 0.2) is 5.78 Å². The van der Waals surface area contributed by atoms with Gasteiger partial charge < -0.3 is 5.32 Å². The number of hydrogen-bond acceptors (Lipinski definition) is 5. The van der Waals surface area contributed by atoms with Crippen molar-refractivity contribution in [2.24, 2.45) is 39.5 Å². The zero-order chi connectivity index (χ0) is 26.7. The number of rotatable bonds is 8. The molecule has 5 heteroatoms. The molecule has 38 heavy (non-hydrogen) atoms. The first-order valence-electron chi connectivity index (χ1n) is 15.9. The Balaban J connectivity index is 1.08. The van der Waals surface area contributed by atoms with E-state index in [-0.39, 0.29) is 5.41 Å². The van der Waals surface area contributed by atoms with E-state index in [1.165, 1.54) is 61.1 Å². The summed E-state index contributed by atoms with van der Waals surface area (Å²) < 4.78 is 0. The van der Waals surface area contributed by atoms with Gasteiger partial charge >= 0.3 is 0 Å². The van der Waals surface area contributed by atoms with Gasteiger partial charge in [0.05, 0.1) is 0 Å². The molecule has 0 spiro atoms. The molecular formula is C33H51N3OS. The van der Waals surface area contributed by atoms with E-state index in [2.05, 4.69) is 37.9 Å². The summed E-state index contributed by atoms with van der Waals surface area (Å²) in [5, 5.41) is 3.63. The molecule has 5 fully saturated rings. The summed E-state index contributed by atoms with van der Waals surface area (Å²) in [6.07, 6.45) is 16.7. The average Bonchev–Trinajstić information content (AvgIpc) is 3.54. The molecule has 5 aliphatic carbocycles. The lowest BCUT2D eigenvalue weighted by atomic mass is 9.46. The Kier molecular flexibility index (Phi) is 7.53. The second kappa shape index (κ2) is 10.5. The number of ketones is 1. The molecule has 2 unspecified atom stereocenters. The minimum absolute atomic E-state index is 0.280. The van der Waals surface area contributed by atoms with Crippen molar-refractivity contribution in [1.29, 1.82) is 0 Å². The Morgan fingerprint density at radius 3 is 2.68 bits per heavy atom. The molecular weight excluding hydrogens is 486 g/mol. The van der Waals surface area contributed by atoms with Crippen LogP contribution in [-0.4, -0.2) is 59.0 Å². The number of carbonyl (C=O) groups excluding carboxylic acids is 1. The second-order valence-electron chi connectivity index (χ2n) is 14.6. The third kappa shape index (κ3) is 4.91. The Hall–Kier alpha value is -0.910. The summed E-state index contributed by atoms with van der Waals surface area (Å²) in [7, 11) is 0. The highest BCUT2D eigenvalue weighted by atomic mass is 32.1. The van der Waals surface area contributed by atoms with Gasteiger partial charge in [-0.3, -0.25) is 14.7 Å². The van der Waals surface area contributed by atoms with Gasteiger partial charge in [-0.2, -0.15) is 0 Å². The Morgan fingerprint density at radius 1 is 1.13 bits per heavy atom. The average molecular weight is 538 g/mol. The third-order valence-corrected chi connectivity index (χ3v) is 12.8. The molecule has 4 saturated carbocycles. The van der Waals surface area contributed by atoms with Gasteiger partial charge in [0, 0.05) is 60.7 Å². The second-order valence-corrected chi connectivity index (χ2v) is 15.1. The number of carbonyl (C=O) groups is 1. The minimum Gasteiger partial charge on any atom is -0.308 e. The van der Waals surface area contributed by atoms with Gasteiger partial charge in [-0.1, -0.05) is 31.6 Å². The predicted molar refractivity (Wildman–Crippen MR) is 161 cm³/mol. The topological polar surface area (TPSA) is 44.7 Å². The van der Waals surface area contributed by atoms with Gasteiger partial charge in [-0.05, 0) is 119 Å². The number of thiocarbonyl (C=S) groups is 1. The zero-order valence-electron chi connectivity index (χ0n) is 24.4. The largest absolute Gasteiger partial charge is 0.308 e. The Bertz CT molecular complexity index is 1020. The quantitative estimate of drug-likeness (QED) is 0.281. The summed E-state index contributed by atoms with van der Waals surface area (Å²) in [6.45, 7) is 12.9. The molecule has 0 aromatic carbocycles. The molecule has 0 amide bonds. The molecule has 6 aliphatic rings. The van der Waals surface area contributed by atoms with Crippen molar-refractivity contribution in [1.82, 2.24) is 10.2 Å². The van der Waals surface area contributed by atoms with Crippen molar-refractivity contribution in [3.63, 3.8) is 0 Å². The van der Waals surface area contributed by atoms with E-state index in [1.54, 1.807) is 0 Å². The summed E-state index contributed by atoms with van der Waals surface area (Å²) >= 11 is 5.45. The van der Waals surface area contributed by atoms with Gasteiger partial charge in [-0.25, -0.2) is 0 Å². The Labute approximate surface area is 236 Å². The number of nitrogens with zero attached hydrogens (tertiary/aromatic N) is 2. The standard InChI is InChI=1S/C33H51N3OS/c1-21(36(25-6-7-25)20-24-18-27(38)19-35-24)13-16-34-22(2)29-9-10-30-28-8-5-23-17-26(37)11-14-32(23,3)31(28)12-15-33(29,30)4/h17,21,24-25,28-31,35H,5-16,18-20H2,1-4H3/t21?,24?,28-,29+,30-,31-,32-,33+/m0/s1. The van der Waals surface area contributed by atoms with Gasteiger partial charge in [-0.15, -0.1) is 0 Å². The van der Waals surface area contributed by atoms with Gasteiger partial charge in [0.1, 0.15) is 0 Å². The maximum Gasteiger partial charge on any atom is 0.155 e. The number of fused-ring (bicyclic) bond motifs is 5. The molecule has 1 N–H and O–H groups in total. The molecule has 0 aromatic heterocycles. The van der Waals surface area contributed by atoms with Crippen LogP contribution in [0.25, 0.3) is 0 Å². The fourth-order valence-electron chi connectivity index (χ4n) is 10.1. The summed E-state index contributed by atoms with van der Waals surface area (Å²) in [5.41, 5.74) is 3.62. The highest BCUT2D eigenvalue weighted by Gasteiger charge is 2.59. The molecule has 4 nitrogen and oxygen atoms in total. The van der Waals surface area contributed by atoms with Crippen LogP contribution in [0, 0.1) is 34.5 Å². The summed E-state index contributed by atoms with van der Waals surface area (Å²) in [4.78, 5) is 21.4. The third-order valence-electron chi connectivity index (χ3n) is 12.4. The van der Waals surface area contributed by atoms with Crippen LogP contribution in [0.15, 0.2) is 16.6 Å². The molecule has 210 valence electrons. The monoisotopic (exact) mass is 537 g/mol. The zero-order valence-corrected chi connectivity index (χ0v) is 25.3. The van der Waals surface area contributed by atoms with Crippen LogP contribution in [0.5, 0.6) is 0 Å². The summed E-state index contributed by atoms with van der Waals surface area (Å²) in [6, 6.07) is 1.92. The highest BCUT2D eigenvalue weighted by molar-refractivity contribution is 7.80. The maximum absolute atomic E-state index is 12.2. The van der Waals surface area contributed by atoms with E-state index in [0.29, 0.717) is 29.2 Å². The van der Waals surface area contributed by atoms with Crippen molar-refractivity contribution in [2.45, 2.75) is 123 Å². The van der Waals surface area contributed by atoms with Gasteiger partial charge in [0.2, 0.25) is 0 Å². The highest BCUT2D eigenvalue weighted by Crippen LogP contribution is 2.66. The van der Waals surface area contributed by atoms with Crippen LogP contribution in [0.1, 0.15) is 105 Å². The Morgan fingerprint density at radius 2 is 1.95 bits per heavy atom. The maximum atomic E-state index is 12.2. The van der Waals surface area contributed by atoms with Crippen LogP contribution < -0.4 is 5.32 Å². The van der Waals surface area contributed by atoms with E-state index < -0.39 is 0 Å². The lowest BCUT2D eigenvalue weighted by Gasteiger charge is -2.58. The van der Waals surface area contributed by atoms with E-state index in [9.17, 15) is 4.79 Å². The number of nitrogens with one attached hydrogen (secondary N) is 1. The number of hydrogen-bond donors (Lipinski definition) is 1. The minimum atomic E-state index is 0.280. The first-order chi connectivity index (χ1) is 18.2. The lowest BCUT2D eigenvalue weighted by molar-refractivity contribution is -0.117. The smallest absolute Gasteiger partial charge is 0.155 e. The van der Waals surface area contributed by atoms with Crippen molar-refractivity contribution in [2.75, 3.05) is 19.6 Å². The normalized spacial score (nSPS) is 42.1. The van der Waals surface area contributed by atoms with E-state index in [4.69, 9.17) is 17.2 Å². The van der Waals surface area contributed by atoms with Crippen LogP contribution in [-0.2, 0) is 4.79 Å². The van der Waals surface area contributed by atoms with Crippen molar-refractivity contribution in [3.8, 4) is 0 Å². The molecule has 8 atom stereocenters. The predicted octanol–water partition coefficient (Wildman–Crippen LogP) is 6.57. The molecule has 0 aromatic rings. The van der Waals surface area contributed by atoms with Crippen molar-refractivity contribution in [3.05, 3.63) is 11.6 Å². The van der Waals surface area contributed by atoms with Crippen LogP contribution >= 0.6 is 12.2 Å². The first-order valence-corrected chi connectivity index (χ1v) is 16.4. The molecule has 0 radical (unpaired) electrons. The SMILES string of the molecule is CC(=NCCC(C)N(CC1CC(=S)CN1)C1CC1)[C@H]1CC[C@H]2[C@@H]3CCC4=CC(=O)CC[C@]4(C)[C@H]3CC[C@]12C. The first kappa shape index (κ1) is 27.3. The van der Waals surface area contributed by atoms with Gasteiger partial charge in [0.25, 0.3) is 0 Å². The fraction of sp³-hybridized carbons (Fsp3) is 0.848. The molecule has 1 aliphatic heterocycles. The van der Waals surface area contributed by atoms with Crippen LogP contribution in [0.3, 0.4) is 0 Å². The fourth-order valence-corrected chi connectivity index (χ4v) is 10.4. The van der Waals surface area contributed by atoms with Crippen LogP contribution in [0.4, 0.5) is 0 Å². The molecule has 6 rings (SSSR count). The van der Waals surface area contributed by atoms with E-state index >= 15 is 0 Å². The number of aliphatic imine (C=N–C) groups is 1. The van der Waals surface area contributed by atoms with Crippen molar-refractivity contribution >= 4 is 28.6 Å².